The van der Waals surface area contributed by atoms with Crippen molar-refractivity contribution in [2.24, 2.45) is 5.41 Å². The lowest BCUT2D eigenvalue weighted by molar-refractivity contribution is 0.325. The van der Waals surface area contributed by atoms with Gasteiger partial charge in [-0.1, -0.05) is 25.4 Å². The zero-order chi connectivity index (χ0) is 11.5. The molecule has 0 aromatic carbocycles. The highest BCUT2D eigenvalue weighted by Gasteiger charge is 2.17. The van der Waals surface area contributed by atoms with Crippen LogP contribution in [0.3, 0.4) is 0 Å². The molecule has 1 N–H and O–H groups in total. The van der Waals surface area contributed by atoms with Gasteiger partial charge in [-0.25, -0.2) is 0 Å². The van der Waals surface area contributed by atoms with Gasteiger partial charge in [-0.05, 0) is 50.4 Å². The zero-order valence-corrected chi connectivity index (χ0v) is 11.6. The van der Waals surface area contributed by atoms with Crippen LogP contribution >= 0.6 is 22.9 Å². The molecule has 0 saturated heterocycles. The number of nitrogens with one attached hydrogen (secondary N) is 1. The van der Waals surface area contributed by atoms with Crippen molar-refractivity contribution < 1.29 is 0 Å². The van der Waals surface area contributed by atoms with Crippen LogP contribution < -0.4 is 5.32 Å². The van der Waals surface area contributed by atoms with Crippen LogP contribution in [0.25, 0.3) is 0 Å². The van der Waals surface area contributed by atoms with E-state index in [4.69, 9.17) is 11.6 Å². The maximum atomic E-state index is 6.05. The lowest BCUT2D eigenvalue weighted by Crippen LogP contribution is -2.27. The summed E-state index contributed by atoms with van der Waals surface area (Å²) in [6.07, 6.45) is 2.33. The van der Waals surface area contributed by atoms with E-state index in [1.165, 1.54) is 16.9 Å². The third-order valence-electron chi connectivity index (χ3n) is 2.61. The average molecular weight is 246 g/mol. The van der Waals surface area contributed by atoms with Crippen LogP contribution in [0.4, 0.5) is 0 Å². The van der Waals surface area contributed by atoms with Gasteiger partial charge in [0.05, 0.1) is 4.34 Å². The average Bonchev–Trinajstić information content (AvgIpc) is 2.44. The number of halogens is 1. The molecule has 0 saturated carbocycles. The van der Waals surface area contributed by atoms with Gasteiger partial charge in [-0.15, -0.1) is 11.3 Å². The molecule has 0 aliphatic heterocycles. The summed E-state index contributed by atoms with van der Waals surface area (Å²) in [6, 6.07) is 2.21. The van der Waals surface area contributed by atoms with Crippen molar-refractivity contribution in [1.82, 2.24) is 5.32 Å². The normalized spacial score (nSPS) is 12.1. The summed E-state index contributed by atoms with van der Waals surface area (Å²) in [5.74, 6) is 0. The summed E-state index contributed by atoms with van der Waals surface area (Å²) in [6.45, 7) is 7.73. The molecule has 1 heterocycles. The molecule has 1 aromatic rings. The first-order chi connectivity index (χ1) is 6.94. The summed E-state index contributed by atoms with van der Waals surface area (Å²) in [5.41, 5.74) is 1.57. The van der Waals surface area contributed by atoms with Crippen molar-refractivity contribution in [2.45, 2.75) is 33.6 Å². The summed E-state index contributed by atoms with van der Waals surface area (Å²) < 4.78 is 0.941. The van der Waals surface area contributed by atoms with Crippen LogP contribution in [-0.4, -0.2) is 13.6 Å². The highest BCUT2D eigenvalue weighted by atomic mass is 35.5. The van der Waals surface area contributed by atoms with Gasteiger partial charge in [0.25, 0.3) is 0 Å². The second-order valence-corrected chi connectivity index (χ2v) is 6.60. The Bertz CT molecular complexity index is 298. The van der Waals surface area contributed by atoms with Crippen molar-refractivity contribution in [3.63, 3.8) is 0 Å². The first-order valence-electron chi connectivity index (χ1n) is 5.34. The van der Waals surface area contributed by atoms with Crippen LogP contribution in [0.2, 0.25) is 4.34 Å². The summed E-state index contributed by atoms with van der Waals surface area (Å²) in [5, 5.41) is 3.24. The van der Waals surface area contributed by atoms with Crippen molar-refractivity contribution >= 4 is 22.9 Å². The van der Waals surface area contributed by atoms with Gasteiger partial charge >= 0.3 is 0 Å². The van der Waals surface area contributed by atoms with Crippen LogP contribution in [0.15, 0.2) is 6.07 Å². The molecule has 0 spiro atoms. The Morgan fingerprint density at radius 2 is 2.13 bits per heavy atom. The molecule has 1 rings (SSSR count). The first kappa shape index (κ1) is 13.0. The third kappa shape index (κ3) is 4.13. The Balaban J connectivity index is 2.49. The minimum absolute atomic E-state index is 0.360. The zero-order valence-electron chi connectivity index (χ0n) is 9.98. The van der Waals surface area contributed by atoms with E-state index in [-0.39, 0.29) is 0 Å². The molecule has 1 nitrogen and oxygen atoms in total. The number of aryl methyl sites for hydroxylation is 2. The molecule has 0 aliphatic carbocycles. The van der Waals surface area contributed by atoms with Gasteiger partial charge in [0.2, 0.25) is 0 Å². The Labute approximate surface area is 102 Å². The van der Waals surface area contributed by atoms with Gasteiger partial charge in [0, 0.05) is 4.88 Å². The maximum Gasteiger partial charge on any atom is 0.0960 e. The van der Waals surface area contributed by atoms with Crippen LogP contribution in [0.1, 0.15) is 30.7 Å². The Morgan fingerprint density at radius 1 is 1.47 bits per heavy atom. The minimum atomic E-state index is 0.360. The summed E-state index contributed by atoms with van der Waals surface area (Å²) >= 11 is 7.76. The SMILES string of the molecule is CNCC(C)(C)CCc1cc(C)c(Cl)s1. The fourth-order valence-electron chi connectivity index (χ4n) is 1.68. The molecule has 0 fully saturated rings. The van der Waals surface area contributed by atoms with E-state index in [1.54, 1.807) is 11.3 Å². The third-order valence-corrected chi connectivity index (χ3v) is 4.23. The fraction of sp³-hybridized carbons (Fsp3) is 0.667. The van der Waals surface area contributed by atoms with Crippen molar-refractivity contribution in [2.75, 3.05) is 13.6 Å². The lowest BCUT2D eigenvalue weighted by Gasteiger charge is -2.23. The second kappa shape index (κ2) is 5.33. The highest BCUT2D eigenvalue weighted by molar-refractivity contribution is 7.16. The van der Waals surface area contributed by atoms with E-state index < -0.39 is 0 Å². The fourth-order valence-corrected chi connectivity index (χ4v) is 2.92. The monoisotopic (exact) mass is 245 g/mol. The number of hydrogen-bond acceptors (Lipinski definition) is 2. The van der Waals surface area contributed by atoms with E-state index in [0.717, 1.165) is 17.3 Å². The van der Waals surface area contributed by atoms with E-state index in [0.29, 0.717) is 5.41 Å². The molecule has 3 heteroatoms. The van der Waals surface area contributed by atoms with Gasteiger partial charge in [0.15, 0.2) is 0 Å². The van der Waals surface area contributed by atoms with E-state index >= 15 is 0 Å². The smallest absolute Gasteiger partial charge is 0.0960 e. The molecule has 0 amide bonds. The van der Waals surface area contributed by atoms with Crippen molar-refractivity contribution in [1.29, 1.82) is 0 Å². The Morgan fingerprint density at radius 3 is 2.60 bits per heavy atom. The predicted octanol–water partition coefficient (Wildman–Crippen LogP) is 3.89. The molecule has 0 aliphatic rings. The Kier molecular flexibility index (Phi) is 4.63. The lowest BCUT2D eigenvalue weighted by atomic mass is 9.87. The maximum absolute atomic E-state index is 6.05. The molecule has 0 radical (unpaired) electrons. The highest BCUT2D eigenvalue weighted by Crippen LogP contribution is 2.30. The van der Waals surface area contributed by atoms with E-state index in [1.807, 2.05) is 7.05 Å². The molecular formula is C12H20ClNS. The topological polar surface area (TPSA) is 12.0 Å². The largest absolute Gasteiger partial charge is 0.319 e. The van der Waals surface area contributed by atoms with Crippen LogP contribution in [-0.2, 0) is 6.42 Å². The van der Waals surface area contributed by atoms with E-state index in [9.17, 15) is 0 Å². The van der Waals surface area contributed by atoms with Gasteiger partial charge in [-0.3, -0.25) is 0 Å². The second-order valence-electron chi connectivity index (χ2n) is 4.86. The molecule has 86 valence electrons. The van der Waals surface area contributed by atoms with Gasteiger partial charge < -0.3 is 5.32 Å². The molecular weight excluding hydrogens is 226 g/mol. The molecule has 15 heavy (non-hydrogen) atoms. The number of hydrogen-bond donors (Lipinski definition) is 1. The summed E-state index contributed by atoms with van der Waals surface area (Å²) in [4.78, 5) is 1.40. The minimum Gasteiger partial charge on any atom is -0.319 e. The first-order valence-corrected chi connectivity index (χ1v) is 6.53. The Hall–Kier alpha value is -0.0500. The quantitative estimate of drug-likeness (QED) is 0.830. The molecule has 0 bridgehead atoms. The summed E-state index contributed by atoms with van der Waals surface area (Å²) in [7, 11) is 2.01. The number of thiophene rings is 1. The van der Waals surface area contributed by atoms with Crippen molar-refractivity contribution in [3.05, 3.63) is 20.8 Å². The standard InChI is InChI=1S/C12H20ClNS/c1-9-7-10(15-11(9)13)5-6-12(2,3)8-14-4/h7,14H,5-6,8H2,1-4H3. The van der Waals surface area contributed by atoms with Crippen LogP contribution in [0, 0.1) is 12.3 Å². The van der Waals surface area contributed by atoms with Gasteiger partial charge in [0.1, 0.15) is 0 Å². The number of rotatable bonds is 5. The molecule has 0 atom stereocenters. The van der Waals surface area contributed by atoms with Crippen molar-refractivity contribution in [3.8, 4) is 0 Å². The van der Waals surface area contributed by atoms with Gasteiger partial charge in [-0.2, -0.15) is 0 Å². The molecule has 0 unspecified atom stereocenters. The molecule has 1 aromatic heterocycles. The van der Waals surface area contributed by atoms with E-state index in [2.05, 4.69) is 32.2 Å². The predicted molar refractivity (Wildman–Crippen MR) is 70.1 cm³/mol. The van der Waals surface area contributed by atoms with Crippen LogP contribution in [0.5, 0.6) is 0 Å².